The minimum absolute atomic E-state index is 0.0419. The van der Waals surface area contributed by atoms with Gasteiger partial charge in [-0.15, -0.1) is 0 Å². The molecule has 1 aliphatic carbocycles. The van der Waals surface area contributed by atoms with Crippen molar-refractivity contribution in [3.63, 3.8) is 0 Å². The Morgan fingerprint density at radius 2 is 1.80 bits per heavy atom. The van der Waals surface area contributed by atoms with Gasteiger partial charge in [-0.3, -0.25) is 9.69 Å². The lowest BCUT2D eigenvalue weighted by Gasteiger charge is -2.42. The summed E-state index contributed by atoms with van der Waals surface area (Å²) in [4.78, 5) is 17.4. The lowest BCUT2D eigenvalue weighted by atomic mass is 9.88. The summed E-state index contributed by atoms with van der Waals surface area (Å²) in [6.45, 7) is 8.01. The van der Waals surface area contributed by atoms with E-state index in [4.69, 9.17) is 9.47 Å². The normalized spacial score (nSPS) is 21.8. The lowest BCUT2D eigenvalue weighted by molar-refractivity contribution is -0.138. The molecular weight excluding hydrogens is 468 g/mol. The highest BCUT2D eigenvalue weighted by atomic mass is 32.2. The number of ether oxygens (including phenoxy) is 2. The first-order valence-electron chi connectivity index (χ1n) is 12.5. The highest BCUT2D eigenvalue weighted by Gasteiger charge is 2.31. The largest absolute Gasteiger partial charge is 0.497 e. The van der Waals surface area contributed by atoms with E-state index in [1.165, 1.54) is 17.8 Å². The molecule has 1 aromatic rings. The average molecular weight is 511 g/mol. The van der Waals surface area contributed by atoms with Crippen LogP contribution in [0.25, 0.3) is 0 Å². The van der Waals surface area contributed by atoms with Crippen molar-refractivity contribution in [1.82, 2.24) is 19.4 Å². The molecule has 2 fully saturated rings. The van der Waals surface area contributed by atoms with Crippen molar-refractivity contribution in [2.75, 3.05) is 67.1 Å². The molecule has 2 atom stereocenters. The van der Waals surface area contributed by atoms with Gasteiger partial charge >= 0.3 is 0 Å². The van der Waals surface area contributed by atoms with Crippen LogP contribution < -0.4 is 10.1 Å². The summed E-state index contributed by atoms with van der Waals surface area (Å²) in [6.07, 6.45) is 4.35. The first-order valence-corrected chi connectivity index (χ1v) is 14.0. The standard InChI is InChI=1S/C25H42N4O5S/c1-19-15-23(33-5)16-20(2)25(19)35(31,32)27(3)13-14-34-18-24(30)28(4)21-7-6-8-22(17-21)29-11-9-26-10-12-29/h15-16,21-22,26H,6-14,17-18H2,1-5H3. The molecule has 1 saturated carbocycles. The van der Waals surface area contributed by atoms with E-state index in [-0.39, 0.29) is 36.6 Å². The predicted molar refractivity (Wildman–Crippen MR) is 136 cm³/mol. The van der Waals surface area contributed by atoms with Gasteiger partial charge in [0.15, 0.2) is 0 Å². The van der Waals surface area contributed by atoms with Gasteiger partial charge in [0.2, 0.25) is 15.9 Å². The summed E-state index contributed by atoms with van der Waals surface area (Å²) in [5.74, 6) is 0.577. The third-order valence-electron chi connectivity index (χ3n) is 7.34. The zero-order valence-corrected chi connectivity index (χ0v) is 22.7. The van der Waals surface area contributed by atoms with E-state index in [0.29, 0.717) is 22.9 Å². The minimum atomic E-state index is -3.68. The van der Waals surface area contributed by atoms with Gasteiger partial charge in [0, 0.05) is 58.9 Å². The smallest absolute Gasteiger partial charge is 0.248 e. The molecule has 9 nitrogen and oxygen atoms in total. The lowest BCUT2D eigenvalue weighted by Crippen LogP contribution is -2.52. The van der Waals surface area contributed by atoms with Crippen LogP contribution in [-0.4, -0.2) is 108 Å². The van der Waals surface area contributed by atoms with Crippen molar-refractivity contribution in [3.8, 4) is 5.75 Å². The molecule has 1 aliphatic heterocycles. The van der Waals surface area contributed by atoms with Crippen molar-refractivity contribution in [2.24, 2.45) is 0 Å². The van der Waals surface area contributed by atoms with Crippen molar-refractivity contribution in [3.05, 3.63) is 23.3 Å². The van der Waals surface area contributed by atoms with E-state index in [0.717, 1.165) is 45.4 Å². The number of nitrogens with one attached hydrogen (secondary N) is 1. The molecule has 0 bridgehead atoms. The highest BCUT2D eigenvalue weighted by molar-refractivity contribution is 7.89. The summed E-state index contributed by atoms with van der Waals surface area (Å²) >= 11 is 0. The van der Waals surface area contributed by atoms with Crippen LogP contribution >= 0.6 is 0 Å². The number of carbonyl (C=O) groups excluding carboxylic acids is 1. The van der Waals surface area contributed by atoms with Crippen LogP contribution in [-0.2, 0) is 19.6 Å². The van der Waals surface area contributed by atoms with Crippen LogP contribution in [0, 0.1) is 13.8 Å². The van der Waals surface area contributed by atoms with E-state index in [1.54, 1.807) is 33.1 Å². The van der Waals surface area contributed by atoms with Crippen molar-refractivity contribution < 1.29 is 22.7 Å². The van der Waals surface area contributed by atoms with Crippen LogP contribution in [0.15, 0.2) is 17.0 Å². The number of hydrogen-bond acceptors (Lipinski definition) is 7. The summed E-state index contributed by atoms with van der Waals surface area (Å²) < 4.78 is 38.4. The highest BCUT2D eigenvalue weighted by Crippen LogP contribution is 2.28. The van der Waals surface area contributed by atoms with Gasteiger partial charge in [-0.05, 0) is 62.8 Å². The molecule has 2 unspecified atom stereocenters. The van der Waals surface area contributed by atoms with E-state index < -0.39 is 10.0 Å². The Balaban J connectivity index is 1.47. The number of methoxy groups -OCH3 is 1. The van der Waals surface area contributed by atoms with E-state index in [9.17, 15) is 13.2 Å². The maximum absolute atomic E-state index is 13.1. The second-order valence-electron chi connectivity index (χ2n) is 9.73. The zero-order valence-electron chi connectivity index (χ0n) is 21.9. The molecule has 0 radical (unpaired) electrons. The van der Waals surface area contributed by atoms with E-state index >= 15 is 0 Å². The molecule has 198 valence electrons. The minimum Gasteiger partial charge on any atom is -0.497 e. The maximum atomic E-state index is 13.1. The van der Waals surface area contributed by atoms with Crippen LogP contribution in [0.5, 0.6) is 5.75 Å². The molecule has 1 aromatic carbocycles. The summed E-state index contributed by atoms with van der Waals surface area (Å²) in [5, 5.41) is 3.40. The number of likely N-dealkylation sites (N-methyl/N-ethyl adjacent to an activating group) is 2. The third kappa shape index (κ3) is 6.95. The molecule has 1 saturated heterocycles. The van der Waals surface area contributed by atoms with Crippen molar-refractivity contribution in [2.45, 2.75) is 56.5 Å². The molecule has 0 spiro atoms. The number of rotatable bonds is 10. The van der Waals surface area contributed by atoms with Gasteiger partial charge in [-0.1, -0.05) is 0 Å². The molecule has 10 heteroatoms. The van der Waals surface area contributed by atoms with Gasteiger partial charge in [0.25, 0.3) is 0 Å². The van der Waals surface area contributed by atoms with Crippen molar-refractivity contribution in [1.29, 1.82) is 0 Å². The number of benzene rings is 1. The number of aryl methyl sites for hydroxylation is 2. The van der Waals surface area contributed by atoms with Crippen LogP contribution in [0.1, 0.15) is 36.8 Å². The summed E-state index contributed by atoms with van der Waals surface area (Å²) in [5.41, 5.74) is 1.27. The number of hydrogen-bond donors (Lipinski definition) is 1. The first kappa shape index (κ1) is 27.9. The Morgan fingerprint density at radius 3 is 2.43 bits per heavy atom. The maximum Gasteiger partial charge on any atom is 0.248 e. The second kappa shape index (κ2) is 12.5. The quantitative estimate of drug-likeness (QED) is 0.479. The molecule has 0 aromatic heterocycles. The Hall–Kier alpha value is -1.72. The van der Waals surface area contributed by atoms with Gasteiger partial charge in [-0.25, -0.2) is 8.42 Å². The molecular formula is C25H42N4O5S. The third-order valence-corrected chi connectivity index (χ3v) is 9.50. The van der Waals surface area contributed by atoms with E-state index in [2.05, 4.69) is 10.2 Å². The van der Waals surface area contributed by atoms with Gasteiger partial charge in [-0.2, -0.15) is 4.31 Å². The number of sulfonamides is 1. The van der Waals surface area contributed by atoms with Crippen LogP contribution in [0.4, 0.5) is 0 Å². The molecule has 1 amide bonds. The topological polar surface area (TPSA) is 91.4 Å². The second-order valence-corrected chi connectivity index (χ2v) is 11.7. The SMILES string of the molecule is COc1cc(C)c(S(=O)(=O)N(C)CCOCC(=O)N(C)C2CCCC(N3CCNCC3)C2)c(C)c1. The van der Waals surface area contributed by atoms with E-state index in [1.807, 2.05) is 11.9 Å². The predicted octanol–water partition coefficient (Wildman–Crippen LogP) is 1.62. The Labute approximate surface area is 210 Å². The molecule has 3 rings (SSSR count). The fourth-order valence-corrected chi connectivity index (χ4v) is 6.80. The molecule has 1 heterocycles. The number of carbonyl (C=O) groups is 1. The number of nitrogens with zero attached hydrogens (tertiary/aromatic N) is 3. The van der Waals surface area contributed by atoms with Gasteiger partial charge < -0.3 is 19.7 Å². The average Bonchev–Trinajstić information content (AvgIpc) is 2.85. The number of piperazine rings is 1. The Morgan fingerprint density at radius 1 is 1.14 bits per heavy atom. The van der Waals surface area contributed by atoms with Crippen molar-refractivity contribution >= 4 is 15.9 Å². The van der Waals surface area contributed by atoms with Crippen LogP contribution in [0.2, 0.25) is 0 Å². The monoisotopic (exact) mass is 510 g/mol. The summed E-state index contributed by atoms with van der Waals surface area (Å²) in [7, 11) is 1.28. The molecule has 35 heavy (non-hydrogen) atoms. The fourth-order valence-electron chi connectivity index (χ4n) is 5.24. The first-order chi connectivity index (χ1) is 16.6. The molecule has 2 aliphatic rings. The van der Waals surface area contributed by atoms with Crippen LogP contribution in [0.3, 0.4) is 0 Å². The van der Waals surface area contributed by atoms with Gasteiger partial charge in [0.1, 0.15) is 12.4 Å². The van der Waals surface area contributed by atoms with Gasteiger partial charge in [0.05, 0.1) is 18.6 Å². The number of amides is 1. The zero-order chi connectivity index (χ0) is 25.6. The summed E-state index contributed by atoms with van der Waals surface area (Å²) in [6, 6.07) is 4.20. The fraction of sp³-hybridized carbons (Fsp3) is 0.720. The Bertz CT molecular complexity index is 942. The molecule has 1 N–H and O–H groups in total. The Kier molecular flexibility index (Phi) is 9.94.